The smallest absolute Gasteiger partial charge is 0.306 e. The van der Waals surface area contributed by atoms with Gasteiger partial charge in [0.15, 0.2) is 0 Å². The molecule has 0 amide bonds. The summed E-state index contributed by atoms with van der Waals surface area (Å²) in [6.45, 7) is 8.51. The lowest BCUT2D eigenvalue weighted by molar-refractivity contribution is 0.209. The minimum Gasteiger partial charge on any atom is -0.306 e. The molecule has 1 atom stereocenters. The second-order valence-corrected chi connectivity index (χ2v) is 10.1. The van der Waals surface area contributed by atoms with Crippen LogP contribution in [0, 0.1) is 0 Å². The van der Waals surface area contributed by atoms with Gasteiger partial charge in [-0.1, -0.05) is 30.3 Å². The minimum atomic E-state index is -3.50. The van der Waals surface area contributed by atoms with Crippen LogP contribution in [0.3, 0.4) is 0 Å². The van der Waals surface area contributed by atoms with Gasteiger partial charge in [-0.25, -0.2) is 9.05 Å². The van der Waals surface area contributed by atoms with Crippen molar-refractivity contribution in [2.45, 2.75) is 39.5 Å². The first-order chi connectivity index (χ1) is 11.5. The normalized spacial score (nSPS) is 13.8. The molecule has 0 saturated heterocycles. The fraction of sp³-hybridized carbons (Fsp3) is 0.625. The average Bonchev–Trinajstić information content (AvgIpc) is 2.54. The molecule has 0 aliphatic rings. The summed E-state index contributed by atoms with van der Waals surface area (Å²) in [6.07, 6.45) is 0.405. The quantitative estimate of drug-likeness (QED) is 0.388. The Hall–Kier alpha value is -0.215. The van der Waals surface area contributed by atoms with E-state index >= 15 is 0 Å². The standard InChI is InChI=1S/C16H28BO5P2/c1-5-19-23(17,20-6-2)16(14-15-12-10-9-11-13-15)24(18,21-7-3)22-8-4/h9-13,16H,5-8,14H2,1-4H3/q+1. The second kappa shape index (κ2) is 10.7. The highest BCUT2D eigenvalue weighted by Crippen LogP contribution is 2.75. The number of hydrogen-bond acceptors (Lipinski definition) is 5. The Labute approximate surface area is 147 Å². The van der Waals surface area contributed by atoms with E-state index in [1.165, 1.54) is 0 Å². The van der Waals surface area contributed by atoms with Crippen molar-refractivity contribution >= 4 is 22.8 Å². The number of rotatable bonds is 12. The Morgan fingerprint density at radius 1 is 0.958 bits per heavy atom. The monoisotopic (exact) mass is 373 g/mol. The molecule has 0 aromatic heterocycles. The van der Waals surface area contributed by atoms with Crippen molar-refractivity contribution in [2.24, 2.45) is 0 Å². The summed E-state index contributed by atoms with van der Waals surface area (Å²) in [7, 11) is 0.0518. The van der Waals surface area contributed by atoms with E-state index < -0.39 is 20.6 Å². The lowest BCUT2D eigenvalue weighted by atomic mass is 10.2. The molecule has 1 aromatic carbocycles. The van der Waals surface area contributed by atoms with Gasteiger partial charge in [0.05, 0.1) is 26.4 Å². The van der Waals surface area contributed by atoms with E-state index in [0.717, 1.165) is 5.56 Å². The first-order valence-electron chi connectivity index (χ1n) is 8.34. The van der Waals surface area contributed by atoms with Crippen LogP contribution in [-0.4, -0.2) is 39.4 Å². The van der Waals surface area contributed by atoms with Crippen LogP contribution < -0.4 is 0 Å². The molecular weight excluding hydrogens is 345 g/mol. The Bertz CT molecular complexity index is 498. The Kier molecular flexibility index (Phi) is 9.73. The van der Waals surface area contributed by atoms with Crippen LogP contribution in [0.4, 0.5) is 0 Å². The van der Waals surface area contributed by atoms with Crippen LogP contribution in [0.5, 0.6) is 0 Å². The molecule has 0 heterocycles. The molecule has 5 nitrogen and oxygen atoms in total. The van der Waals surface area contributed by atoms with Gasteiger partial charge < -0.3 is 9.05 Å². The van der Waals surface area contributed by atoms with Crippen LogP contribution >= 0.6 is 15.2 Å². The first kappa shape index (κ1) is 21.8. The Morgan fingerprint density at radius 2 is 1.46 bits per heavy atom. The Balaban J connectivity index is 3.29. The zero-order chi connectivity index (χ0) is 18.1. The first-order valence-corrected chi connectivity index (χ1v) is 11.7. The fourth-order valence-electron chi connectivity index (χ4n) is 2.44. The van der Waals surface area contributed by atoms with Gasteiger partial charge in [0.2, 0.25) is 13.0 Å². The van der Waals surface area contributed by atoms with Crippen LogP contribution in [0.2, 0.25) is 0 Å². The number of hydrogen-bond donors (Lipinski definition) is 0. The Morgan fingerprint density at radius 3 is 1.88 bits per heavy atom. The molecule has 0 aliphatic heterocycles. The van der Waals surface area contributed by atoms with Gasteiger partial charge in [-0.3, -0.25) is 4.57 Å². The highest BCUT2D eigenvalue weighted by atomic mass is 31.3. The summed E-state index contributed by atoms with van der Waals surface area (Å²) in [5, 5.41) is -0.674. The van der Waals surface area contributed by atoms with Crippen molar-refractivity contribution in [1.29, 1.82) is 0 Å². The van der Waals surface area contributed by atoms with Crippen molar-refractivity contribution < 1.29 is 22.7 Å². The maximum Gasteiger partial charge on any atom is 0.445 e. The second-order valence-electron chi connectivity index (χ2n) is 5.03. The van der Waals surface area contributed by atoms with Gasteiger partial charge in [-0.05, 0) is 33.3 Å². The van der Waals surface area contributed by atoms with Crippen LogP contribution in [0.15, 0.2) is 30.3 Å². The summed E-state index contributed by atoms with van der Waals surface area (Å²) in [4.78, 5) is 0. The third kappa shape index (κ3) is 5.95. The van der Waals surface area contributed by atoms with E-state index in [9.17, 15) is 4.57 Å². The van der Waals surface area contributed by atoms with E-state index in [4.69, 9.17) is 25.7 Å². The summed E-state index contributed by atoms with van der Waals surface area (Å²) >= 11 is 0. The lowest BCUT2D eigenvalue weighted by Gasteiger charge is -2.32. The summed E-state index contributed by atoms with van der Waals surface area (Å²) in [5.41, 5.74) is 0.983. The third-order valence-corrected chi connectivity index (χ3v) is 9.62. The van der Waals surface area contributed by atoms with Crippen molar-refractivity contribution in [2.75, 3.05) is 26.4 Å². The van der Waals surface area contributed by atoms with E-state index in [1.54, 1.807) is 13.8 Å². The van der Waals surface area contributed by atoms with Crippen molar-refractivity contribution in [3.8, 4) is 0 Å². The average molecular weight is 373 g/mol. The molecule has 134 valence electrons. The SMILES string of the molecule is [B][P+](OCC)(OCC)C(Cc1ccccc1)P(=O)(OCC)OCC. The van der Waals surface area contributed by atoms with Crippen molar-refractivity contribution in [3.05, 3.63) is 35.9 Å². The van der Waals surface area contributed by atoms with Gasteiger partial charge in [-0.15, -0.1) is 0 Å². The molecule has 0 bridgehead atoms. The molecule has 0 spiro atoms. The van der Waals surface area contributed by atoms with Crippen LogP contribution in [-0.2, 0) is 29.1 Å². The largest absolute Gasteiger partial charge is 0.445 e. The van der Waals surface area contributed by atoms with Crippen molar-refractivity contribution in [1.82, 2.24) is 0 Å². The minimum absolute atomic E-state index is 0.265. The predicted molar refractivity (Wildman–Crippen MR) is 101 cm³/mol. The summed E-state index contributed by atoms with van der Waals surface area (Å²) in [6, 6.07) is 9.70. The highest BCUT2D eigenvalue weighted by Gasteiger charge is 2.57. The molecule has 0 fully saturated rings. The van der Waals surface area contributed by atoms with Gasteiger partial charge in [0.1, 0.15) is 0 Å². The third-order valence-electron chi connectivity index (χ3n) is 3.32. The molecule has 8 heteroatoms. The molecule has 0 saturated carbocycles. The topological polar surface area (TPSA) is 54.0 Å². The maximum absolute atomic E-state index is 13.5. The highest BCUT2D eigenvalue weighted by molar-refractivity contribution is 7.96. The molecule has 0 N–H and O–H groups in total. The molecule has 0 aliphatic carbocycles. The molecule has 1 rings (SSSR count). The predicted octanol–water partition coefficient (Wildman–Crippen LogP) is 4.83. The molecule has 1 unspecified atom stereocenters. The molecule has 24 heavy (non-hydrogen) atoms. The lowest BCUT2D eigenvalue weighted by Crippen LogP contribution is -2.24. The summed E-state index contributed by atoms with van der Waals surface area (Å²) in [5.74, 6) is 0. The van der Waals surface area contributed by atoms with E-state index in [-0.39, 0.29) is 13.2 Å². The van der Waals surface area contributed by atoms with Gasteiger partial charge in [0.25, 0.3) is 0 Å². The fourth-order valence-corrected chi connectivity index (χ4v) is 8.08. The number of benzene rings is 1. The maximum atomic E-state index is 13.5. The summed E-state index contributed by atoms with van der Waals surface area (Å²) < 4.78 is 36.1. The van der Waals surface area contributed by atoms with E-state index in [1.807, 2.05) is 44.2 Å². The zero-order valence-electron chi connectivity index (χ0n) is 15.0. The molecule has 1 aromatic rings. The van der Waals surface area contributed by atoms with Crippen LogP contribution in [0.1, 0.15) is 33.3 Å². The molecular formula is C16H28BO5P2+. The molecule has 2 radical (unpaired) electrons. The van der Waals surface area contributed by atoms with Gasteiger partial charge >= 0.3 is 15.2 Å². The van der Waals surface area contributed by atoms with Gasteiger partial charge in [0, 0.05) is 6.42 Å². The zero-order valence-corrected chi connectivity index (χ0v) is 16.8. The van der Waals surface area contributed by atoms with Crippen molar-refractivity contribution in [3.63, 3.8) is 0 Å². The van der Waals surface area contributed by atoms with E-state index in [0.29, 0.717) is 19.6 Å². The van der Waals surface area contributed by atoms with Crippen LogP contribution in [0.25, 0.3) is 0 Å². The van der Waals surface area contributed by atoms with E-state index in [2.05, 4.69) is 0 Å². The van der Waals surface area contributed by atoms with Gasteiger partial charge in [-0.2, -0.15) is 0 Å².